The van der Waals surface area contributed by atoms with E-state index in [1.165, 1.54) is 64.2 Å². The minimum Gasteiger partial charge on any atom is -0.507 e. The summed E-state index contributed by atoms with van der Waals surface area (Å²) in [5.41, 5.74) is 2.92. The quantitative estimate of drug-likeness (QED) is 0.119. The molecule has 4 bridgehead atoms. The molecule has 0 saturated carbocycles. The Morgan fingerprint density at radius 1 is 0.883 bits per heavy atom. The van der Waals surface area contributed by atoms with Gasteiger partial charge in [0.1, 0.15) is 35.7 Å². The van der Waals surface area contributed by atoms with Gasteiger partial charge in [0.05, 0.1) is 6.04 Å². The summed E-state index contributed by atoms with van der Waals surface area (Å²) in [6.07, 6.45) is 0.0160. The second-order valence-electron chi connectivity index (χ2n) is 14.5. The molecule has 4 aromatic rings. The fourth-order valence-electron chi connectivity index (χ4n) is 6.59. The lowest BCUT2D eigenvalue weighted by Gasteiger charge is -2.32. The number of ketones is 1. The number of halogens is 1. The van der Waals surface area contributed by atoms with Crippen LogP contribution in [-0.4, -0.2) is 94.2 Å². The van der Waals surface area contributed by atoms with Gasteiger partial charge in [-0.2, -0.15) is 0 Å². The van der Waals surface area contributed by atoms with E-state index in [0.717, 1.165) is 16.0 Å². The summed E-state index contributed by atoms with van der Waals surface area (Å²) in [6.45, 7) is 5.12. The van der Waals surface area contributed by atoms with Crippen molar-refractivity contribution < 1.29 is 48.5 Å². The Morgan fingerprint density at radius 2 is 1.53 bits per heavy atom. The van der Waals surface area contributed by atoms with Crippen molar-refractivity contribution in [2.24, 2.45) is 0 Å². The molecule has 5 amide bonds. The van der Waals surface area contributed by atoms with Gasteiger partial charge < -0.3 is 41.1 Å². The van der Waals surface area contributed by atoms with Crippen LogP contribution < -0.4 is 26.0 Å². The van der Waals surface area contributed by atoms with Crippen molar-refractivity contribution in [2.45, 2.75) is 70.7 Å². The molecule has 1 heterocycles. The van der Waals surface area contributed by atoms with Crippen molar-refractivity contribution in [3.8, 4) is 33.8 Å². The van der Waals surface area contributed by atoms with Gasteiger partial charge in [-0.25, -0.2) is 4.79 Å². The zero-order valence-corrected chi connectivity index (χ0v) is 34.3. The molecule has 15 nitrogen and oxygen atoms in total. The van der Waals surface area contributed by atoms with E-state index < -0.39 is 72.3 Å². The number of carboxylic acids is 1. The molecule has 16 heteroatoms. The van der Waals surface area contributed by atoms with E-state index in [4.69, 9.17) is 16.3 Å². The van der Waals surface area contributed by atoms with Crippen LogP contribution in [0.5, 0.6) is 11.5 Å². The van der Waals surface area contributed by atoms with E-state index in [1.54, 1.807) is 43.3 Å². The first-order valence-electron chi connectivity index (χ1n) is 19.1. The molecule has 4 aromatic carbocycles. The van der Waals surface area contributed by atoms with E-state index in [0.29, 0.717) is 10.6 Å². The number of fused-ring (bicyclic) bond motifs is 5. The number of hydrogen-bond acceptors (Lipinski definition) is 9. The zero-order valence-electron chi connectivity index (χ0n) is 33.6. The second-order valence-corrected chi connectivity index (χ2v) is 14.9. The van der Waals surface area contributed by atoms with E-state index in [9.17, 15) is 43.8 Å². The molecular formula is C44H46ClN5O10. The minimum atomic E-state index is -1.46. The average Bonchev–Trinajstić information content (AvgIpc) is 3.22. The van der Waals surface area contributed by atoms with Crippen LogP contribution in [0.3, 0.4) is 0 Å². The first-order chi connectivity index (χ1) is 28.5. The highest BCUT2D eigenvalue weighted by Gasteiger charge is 2.36. The highest BCUT2D eigenvalue weighted by Crippen LogP contribution is 2.39. The van der Waals surface area contributed by atoms with Gasteiger partial charge in [0.2, 0.25) is 23.6 Å². The van der Waals surface area contributed by atoms with E-state index >= 15 is 0 Å². The Kier molecular flexibility index (Phi) is 14.3. The zero-order chi connectivity index (χ0) is 43.8. The summed E-state index contributed by atoms with van der Waals surface area (Å²) in [6, 6.07) is 16.7. The number of nitrogens with zero attached hydrogens (tertiary/aromatic N) is 1. The Morgan fingerprint density at radius 3 is 2.15 bits per heavy atom. The first-order valence-corrected chi connectivity index (χ1v) is 19.5. The van der Waals surface area contributed by atoms with Crippen molar-refractivity contribution in [3.05, 3.63) is 107 Å². The Labute approximate surface area is 351 Å². The van der Waals surface area contributed by atoms with Crippen LogP contribution >= 0.6 is 11.6 Å². The molecule has 5 atom stereocenters. The summed E-state index contributed by atoms with van der Waals surface area (Å²) >= 11 is 6.02. The molecule has 0 saturated heterocycles. The number of likely N-dealkylation sites (N-methyl/N-ethyl adjacent to an activating group) is 1. The summed E-state index contributed by atoms with van der Waals surface area (Å²) < 4.78 is 5.61. The summed E-state index contributed by atoms with van der Waals surface area (Å²) in [4.78, 5) is 93.9. The third-order valence-corrected chi connectivity index (χ3v) is 10.4. The normalized spacial score (nSPS) is 17.4. The van der Waals surface area contributed by atoms with Crippen LogP contribution in [0.25, 0.3) is 22.3 Å². The van der Waals surface area contributed by atoms with Crippen molar-refractivity contribution in [1.29, 1.82) is 0 Å². The number of benzene rings is 4. The lowest BCUT2D eigenvalue weighted by Crippen LogP contribution is -2.56. The number of carboxylic acid groups (broad SMARTS) is 1. The van der Waals surface area contributed by atoms with Gasteiger partial charge in [-0.3, -0.25) is 28.8 Å². The summed E-state index contributed by atoms with van der Waals surface area (Å²) in [7, 11) is 1.36. The first kappa shape index (κ1) is 44.4. The van der Waals surface area contributed by atoms with Gasteiger partial charge in [0.15, 0.2) is 12.4 Å². The van der Waals surface area contributed by atoms with E-state index in [2.05, 4.69) is 21.3 Å². The summed E-state index contributed by atoms with van der Waals surface area (Å²) in [5.74, 6) is -5.32. The SMILES string of the molecule is CCC(NC(=O)c1ccc(-c2ccc(Cl)cc2)cc1)C(=O)N(C)C1C(=O)NC(C)C(=O)NC(C(=O)NC(C)C(C)=O)Cc2ccc(O)c(c2)-c2cc1ccc2OCC(=O)O. The molecule has 6 N–H and O–H groups in total. The molecule has 5 unspecified atom stereocenters. The lowest BCUT2D eigenvalue weighted by molar-refractivity contribution is -0.141. The van der Waals surface area contributed by atoms with Gasteiger partial charge in [0, 0.05) is 35.2 Å². The van der Waals surface area contributed by atoms with Crippen LogP contribution in [0, 0.1) is 0 Å². The molecule has 60 heavy (non-hydrogen) atoms. The molecule has 0 radical (unpaired) electrons. The number of Topliss-reactive ketones (excluding diaryl/α,β-unsaturated/α-hetero) is 1. The van der Waals surface area contributed by atoms with E-state index in [1.807, 2.05) is 12.1 Å². The fourth-order valence-corrected chi connectivity index (χ4v) is 6.72. The Bertz CT molecular complexity index is 2300. The van der Waals surface area contributed by atoms with Crippen LogP contribution in [0.15, 0.2) is 84.9 Å². The number of aromatic hydroxyl groups is 1. The fraction of sp³-hybridized carbons (Fsp3) is 0.295. The van der Waals surface area contributed by atoms with Crippen LogP contribution in [0.1, 0.15) is 61.6 Å². The molecule has 1 aliphatic heterocycles. The van der Waals surface area contributed by atoms with Crippen LogP contribution in [0.4, 0.5) is 0 Å². The van der Waals surface area contributed by atoms with Crippen molar-refractivity contribution in [3.63, 3.8) is 0 Å². The maximum Gasteiger partial charge on any atom is 0.341 e. The third kappa shape index (κ3) is 10.7. The number of hydrogen-bond donors (Lipinski definition) is 6. The van der Waals surface area contributed by atoms with Crippen LogP contribution in [-0.2, 0) is 35.2 Å². The maximum absolute atomic E-state index is 14.3. The van der Waals surface area contributed by atoms with E-state index in [-0.39, 0.29) is 52.4 Å². The average molecular weight is 840 g/mol. The van der Waals surface area contributed by atoms with Gasteiger partial charge >= 0.3 is 5.97 Å². The number of amides is 5. The molecule has 314 valence electrons. The van der Waals surface area contributed by atoms with Gasteiger partial charge in [-0.15, -0.1) is 0 Å². The standard InChI is InChI=1S/C44H46ClN5O10/c1-6-34(48-41(56)29-10-8-27(9-11-29)28-12-15-31(45)16-13-28)44(59)50(5)39-30-14-18-37(60-22-38(53)54)33(21-30)32-19-26(7-17-36(32)52)20-35(42(57)46-23(2)25(4)51)49-40(55)24(3)47-43(39)58/h7-19,21,23-24,34-35,39,52H,6,20,22H2,1-5H3,(H,46,57)(H,47,58)(H,48,56)(H,49,55)(H,53,54). The predicted molar refractivity (Wildman–Crippen MR) is 222 cm³/mol. The number of phenolic OH excluding ortho intramolecular Hbond substituents is 1. The van der Waals surface area contributed by atoms with Crippen molar-refractivity contribution in [1.82, 2.24) is 26.2 Å². The van der Waals surface area contributed by atoms with Crippen LogP contribution in [0.2, 0.25) is 5.02 Å². The highest BCUT2D eigenvalue weighted by molar-refractivity contribution is 6.30. The van der Waals surface area contributed by atoms with Gasteiger partial charge in [0.25, 0.3) is 5.91 Å². The summed E-state index contributed by atoms with van der Waals surface area (Å²) in [5, 5.41) is 31.8. The molecule has 0 fully saturated rings. The molecule has 1 aliphatic rings. The molecule has 0 spiro atoms. The lowest BCUT2D eigenvalue weighted by atomic mass is 9.93. The number of phenols is 1. The monoisotopic (exact) mass is 839 g/mol. The third-order valence-electron chi connectivity index (χ3n) is 10.1. The molecular weight excluding hydrogens is 794 g/mol. The number of rotatable bonds is 12. The molecule has 5 rings (SSSR count). The number of carbonyl (C=O) groups is 7. The van der Waals surface area contributed by atoms with Gasteiger partial charge in [-0.1, -0.05) is 54.9 Å². The number of carbonyl (C=O) groups excluding carboxylic acids is 6. The number of nitrogens with one attached hydrogen (secondary N) is 4. The largest absolute Gasteiger partial charge is 0.507 e. The second kappa shape index (κ2) is 19.3. The van der Waals surface area contributed by atoms with Crippen molar-refractivity contribution in [2.75, 3.05) is 13.7 Å². The molecule has 0 aromatic heterocycles. The van der Waals surface area contributed by atoms with Gasteiger partial charge in [-0.05, 0) is 98.0 Å². The highest BCUT2D eigenvalue weighted by atomic mass is 35.5. The number of aliphatic carboxylic acids is 1. The van der Waals surface area contributed by atoms with Crippen molar-refractivity contribution >= 4 is 52.9 Å². The Balaban J connectivity index is 1.53. The predicted octanol–water partition coefficient (Wildman–Crippen LogP) is 4.19. The molecule has 0 aliphatic carbocycles. The minimum absolute atomic E-state index is 0.0147. The smallest absolute Gasteiger partial charge is 0.341 e. The topological polar surface area (TPSA) is 221 Å². The maximum atomic E-state index is 14.3. The number of ether oxygens (including phenoxy) is 1. The Hall–Kier alpha value is -6.74.